The third-order valence-corrected chi connectivity index (χ3v) is 5.16. The van der Waals surface area contributed by atoms with Crippen LogP contribution in [0.5, 0.6) is 0 Å². The van der Waals surface area contributed by atoms with E-state index in [0.29, 0.717) is 23.6 Å². The predicted octanol–water partition coefficient (Wildman–Crippen LogP) is 2.47. The SMILES string of the molecule is CCS(=O)(=O)CCCC(C)C(C)CNC(C)C. The van der Waals surface area contributed by atoms with Crippen molar-refractivity contribution in [3.8, 4) is 0 Å². The van der Waals surface area contributed by atoms with Gasteiger partial charge in [0, 0.05) is 11.8 Å². The van der Waals surface area contributed by atoms with Crippen molar-refractivity contribution in [3.05, 3.63) is 0 Å². The summed E-state index contributed by atoms with van der Waals surface area (Å²) < 4.78 is 22.7. The first-order valence-electron chi connectivity index (χ1n) is 6.72. The molecule has 0 aliphatic heterocycles. The Morgan fingerprint density at radius 2 is 1.65 bits per heavy atom. The zero-order valence-corrected chi connectivity index (χ0v) is 12.8. The van der Waals surface area contributed by atoms with Crippen molar-refractivity contribution in [3.63, 3.8) is 0 Å². The fraction of sp³-hybridized carbons (Fsp3) is 1.00. The fourth-order valence-corrected chi connectivity index (χ4v) is 2.57. The fourth-order valence-electron chi connectivity index (χ4n) is 1.68. The van der Waals surface area contributed by atoms with Crippen LogP contribution < -0.4 is 5.32 Å². The lowest BCUT2D eigenvalue weighted by Gasteiger charge is -2.21. The number of hydrogen-bond donors (Lipinski definition) is 1. The first-order valence-corrected chi connectivity index (χ1v) is 8.54. The van der Waals surface area contributed by atoms with E-state index in [9.17, 15) is 8.42 Å². The van der Waals surface area contributed by atoms with Gasteiger partial charge in [-0.2, -0.15) is 0 Å². The van der Waals surface area contributed by atoms with Gasteiger partial charge in [0.1, 0.15) is 9.84 Å². The van der Waals surface area contributed by atoms with E-state index < -0.39 is 9.84 Å². The van der Waals surface area contributed by atoms with E-state index in [1.54, 1.807) is 6.92 Å². The lowest BCUT2D eigenvalue weighted by Crippen LogP contribution is -2.30. The van der Waals surface area contributed by atoms with Crippen LogP contribution in [-0.2, 0) is 9.84 Å². The molecule has 0 bridgehead atoms. The van der Waals surface area contributed by atoms with Crippen molar-refractivity contribution in [1.82, 2.24) is 5.32 Å². The molecular weight excluding hydrogens is 234 g/mol. The van der Waals surface area contributed by atoms with Gasteiger partial charge >= 0.3 is 0 Å². The Kier molecular flexibility index (Phi) is 8.05. The summed E-state index contributed by atoms with van der Waals surface area (Å²) in [4.78, 5) is 0. The second-order valence-corrected chi connectivity index (χ2v) is 7.87. The Morgan fingerprint density at radius 3 is 2.12 bits per heavy atom. The quantitative estimate of drug-likeness (QED) is 0.695. The summed E-state index contributed by atoms with van der Waals surface area (Å²) in [6.07, 6.45) is 1.80. The Morgan fingerprint density at radius 1 is 1.06 bits per heavy atom. The van der Waals surface area contributed by atoms with Gasteiger partial charge in [-0.25, -0.2) is 8.42 Å². The van der Waals surface area contributed by atoms with Crippen LogP contribution in [0, 0.1) is 11.8 Å². The lowest BCUT2D eigenvalue weighted by atomic mass is 9.91. The summed E-state index contributed by atoms with van der Waals surface area (Å²) in [5.41, 5.74) is 0. The lowest BCUT2D eigenvalue weighted by molar-refractivity contribution is 0.336. The van der Waals surface area contributed by atoms with Gasteiger partial charge in [-0.05, 0) is 31.2 Å². The van der Waals surface area contributed by atoms with Gasteiger partial charge in [-0.1, -0.05) is 34.6 Å². The minimum absolute atomic E-state index is 0.270. The second kappa shape index (κ2) is 8.09. The molecule has 0 saturated heterocycles. The molecule has 4 heteroatoms. The standard InChI is InChI=1S/C13H29NO2S/c1-6-17(15,16)9-7-8-12(4)13(5)10-14-11(2)3/h11-14H,6-10H2,1-5H3. The van der Waals surface area contributed by atoms with Crippen molar-refractivity contribution in [1.29, 1.82) is 0 Å². The molecule has 2 unspecified atom stereocenters. The molecule has 0 amide bonds. The maximum atomic E-state index is 11.4. The Bertz CT molecular complexity index is 286. The van der Waals surface area contributed by atoms with E-state index in [4.69, 9.17) is 0 Å². The minimum Gasteiger partial charge on any atom is -0.314 e. The van der Waals surface area contributed by atoms with Crippen LogP contribution in [0.1, 0.15) is 47.5 Å². The molecule has 0 aromatic rings. The highest BCUT2D eigenvalue weighted by Gasteiger charge is 2.14. The highest BCUT2D eigenvalue weighted by molar-refractivity contribution is 7.91. The number of rotatable bonds is 9. The largest absolute Gasteiger partial charge is 0.314 e. The third kappa shape index (κ3) is 8.61. The van der Waals surface area contributed by atoms with E-state index in [0.717, 1.165) is 19.4 Å². The minimum atomic E-state index is -2.78. The number of nitrogens with one attached hydrogen (secondary N) is 1. The first kappa shape index (κ1) is 16.9. The van der Waals surface area contributed by atoms with Gasteiger partial charge in [0.25, 0.3) is 0 Å². The molecule has 0 saturated carbocycles. The molecule has 0 aromatic heterocycles. The zero-order valence-electron chi connectivity index (χ0n) is 12.0. The second-order valence-electron chi connectivity index (χ2n) is 5.40. The summed E-state index contributed by atoms with van der Waals surface area (Å²) in [7, 11) is -2.78. The Balaban J connectivity index is 3.82. The Labute approximate surface area is 107 Å². The van der Waals surface area contributed by atoms with Crippen LogP contribution >= 0.6 is 0 Å². The summed E-state index contributed by atoms with van der Waals surface area (Å²) in [6.45, 7) is 11.5. The van der Waals surface area contributed by atoms with Crippen LogP contribution in [0.4, 0.5) is 0 Å². The van der Waals surface area contributed by atoms with Gasteiger partial charge in [-0.15, -0.1) is 0 Å². The molecule has 0 rings (SSSR count). The van der Waals surface area contributed by atoms with Crippen molar-refractivity contribution < 1.29 is 8.42 Å². The van der Waals surface area contributed by atoms with Crippen LogP contribution in [0.3, 0.4) is 0 Å². The molecule has 3 nitrogen and oxygen atoms in total. The van der Waals surface area contributed by atoms with Crippen molar-refractivity contribution in [2.75, 3.05) is 18.1 Å². The van der Waals surface area contributed by atoms with Crippen LogP contribution in [0.15, 0.2) is 0 Å². The topological polar surface area (TPSA) is 46.2 Å². The zero-order chi connectivity index (χ0) is 13.5. The normalized spacial score (nSPS) is 16.1. The predicted molar refractivity (Wildman–Crippen MR) is 75.0 cm³/mol. The van der Waals surface area contributed by atoms with E-state index in [2.05, 4.69) is 33.0 Å². The van der Waals surface area contributed by atoms with Gasteiger partial charge in [-0.3, -0.25) is 0 Å². The van der Waals surface area contributed by atoms with Crippen molar-refractivity contribution in [2.45, 2.75) is 53.5 Å². The Hall–Kier alpha value is -0.0900. The number of sulfone groups is 1. The summed E-state index contributed by atoms with van der Waals surface area (Å²) in [6, 6.07) is 0.519. The van der Waals surface area contributed by atoms with Crippen molar-refractivity contribution in [2.24, 2.45) is 11.8 Å². The average Bonchev–Trinajstić information content (AvgIpc) is 2.25. The van der Waals surface area contributed by atoms with Gasteiger partial charge in [0.15, 0.2) is 0 Å². The molecule has 1 N–H and O–H groups in total. The van der Waals surface area contributed by atoms with E-state index in [1.807, 2.05) is 0 Å². The molecule has 0 aliphatic rings. The smallest absolute Gasteiger partial charge is 0.150 e. The third-order valence-electron chi connectivity index (χ3n) is 3.37. The van der Waals surface area contributed by atoms with Crippen molar-refractivity contribution >= 4 is 9.84 Å². The van der Waals surface area contributed by atoms with Crippen LogP contribution in [-0.4, -0.2) is 32.5 Å². The van der Waals surface area contributed by atoms with Gasteiger partial charge < -0.3 is 5.32 Å². The van der Waals surface area contributed by atoms with Crippen LogP contribution in [0.25, 0.3) is 0 Å². The molecule has 0 radical (unpaired) electrons. The van der Waals surface area contributed by atoms with E-state index >= 15 is 0 Å². The summed E-state index contributed by atoms with van der Waals surface area (Å²) >= 11 is 0. The van der Waals surface area contributed by atoms with E-state index in [-0.39, 0.29) is 5.75 Å². The number of hydrogen-bond acceptors (Lipinski definition) is 3. The molecular formula is C13H29NO2S. The molecule has 0 spiro atoms. The molecule has 17 heavy (non-hydrogen) atoms. The highest BCUT2D eigenvalue weighted by atomic mass is 32.2. The van der Waals surface area contributed by atoms with Crippen LogP contribution in [0.2, 0.25) is 0 Å². The monoisotopic (exact) mass is 263 g/mol. The van der Waals surface area contributed by atoms with Gasteiger partial charge in [0.05, 0.1) is 5.75 Å². The van der Waals surface area contributed by atoms with E-state index in [1.165, 1.54) is 0 Å². The summed E-state index contributed by atoms with van der Waals surface area (Å²) in [5.74, 6) is 1.79. The highest BCUT2D eigenvalue weighted by Crippen LogP contribution is 2.17. The molecule has 2 atom stereocenters. The summed E-state index contributed by atoms with van der Waals surface area (Å²) in [5, 5.41) is 3.43. The maximum Gasteiger partial charge on any atom is 0.150 e. The molecule has 0 aliphatic carbocycles. The molecule has 0 fully saturated rings. The first-order chi connectivity index (χ1) is 7.78. The molecule has 0 heterocycles. The molecule has 0 aromatic carbocycles. The van der Waals surface area contributed by atoms with Gasteiger partial charge in [0.2, 0.25) is 0 Å². The molecule has 104 valence electrons. The maximum absolute atomic E-state index is 11.4. The average molecular weight is 263 g/mol.